The first-order valence-corrected chi connectivity index (χ1v) is 9.02. The second kappa shape index (κ2) is 6.09. The van der Waals surface area contributed by atoms with Gasteiger partial charge in [-0.15, -0.1) is 0 Å². The smallest absolute Gasteiger partial charge is 0.243 e. The van der Waals surface area contributed by atoms with E-state index >= 15 is 0 Å². The number of hydrogen-bond acceptors (Lipinski definition) is 3. The van der Waals surface area contributed by atoms with Crippen molar-refractivity contribution in [3.05, 3.63) is 45.8 Å². The van der Waals surface area contributed by atoms with E-state index in [1.165, 1.54) is 4.31 Å². The minimum absolute atomic E-state index is 0.313. The molecule has 0 spiro atoms. The minimum atomic E-state index is -3.55. The molecule has 1 aromatic heterocycles. The summed E-state index contributed by atoms with van der Waals surface area (Å²) in [6.45, 7) is 9.85. The van der Waals surface area contributed by atoms with Crippen LogP contribution in [0, 0.1) is 34.6 Å². The van der Waals surface area contributed by atoms with E-state index in [-0.39, 0.29) is 0 Å². The normalized spacial score (nSPS) is 12.2. The van der Waals surface area contributed by atoms with Crippen molar-refractivity contribution in [3.63, 3.8) is 0 Å². The molecule has 0 bridgehead atoms. The molecule has 0 aliphatic rings. The van der Waals surface area contributed by atoms with Crippen molar-refractivity contribution in [2.24, 2.45) is 7.05 Å². The monoisotopic (exact) mass is 335 g/mol. The Bertz CT molecular complexity index is 825. The largest absolute Gasteiger partial charge is 0.275 e. The van der Waals surface area contributed by atoms with Crippen LogP contribution in [0.25, 0.3) is 0 Å². The Labute approximate surface area is 139 Å². The van der Waals surface area contributed by atoms with Crippen molar-refractivity contribution in [2.45, 2.75) is 46.1 Å². The van der Waals surface area contributed by atoms with Crippen LogP contribution in [0.2, 0.25) is 0 Å². The number of aryl methyl sites for hydroxylation is 4. The quantitative estimate of drug-likeness (QED) is 0.863. The van der Waals surface area contributed by atoms with Crippen molar-refractivity contribution in [3.8, 4) is 0 Å². The van der Waals surface area contributed by atoms with E-state index in [9.17, 15) is 8.42 Å². The lowest BCUT2D eigenvalue weighted by atomic mass is 10.0. The summed E-state index contributed by atoms with van der Waals surface area (Å²) in [7, 11) is -0.0949. The molecular weight excluding hydrogens is 310 g/mol. The Hall–Kier alpha value is -1.66. The summed E-state index contributed by atoms with van der Waals surface area (Å²) in [5, 5.41) is 4.28. The zero-order chi connectivity index (χ0) is 17.5. The van der Waals surface area contributed by atoms with Crippen molar-refractivity contribution in [2.75, 3.05) is 7.05 Å². The zero-order valence-corrected chi connectivity index (χ0v) is 15.7. The van der Waals surface area contributed by atoms with Crippen LogP contribution in [0.3, 0.4) is 0 Å². The number of rotatable bonds is 4. The van der Waals surface area contributed by atoms with Crippen LogP contribution in [-0.2, 0) is 23.6 Å². The van der Waals surface area contributed by atoms with Gasteiger partial charge in [0.2, 0.25) is 10.0 Å². The van der Waals surface area contributed by atoms with Gasteiger partial charge in [0, 0.05) is 32.4 Å². The molecule has 0 aliphatic carbocycles. The van der Waals surface area contributed by atoms with Crippen LogP contribution in [0.1, 0.15) is 33.5 Å². The van der Waals surface area contributed by atoms with Crippen LogP contribution in [-0.4, -0.2) is 29.6 Å². The maximum absolute atomic E-state index is 13.1. The second-order valence-corrected chi connectivity index (χ2v) is 8.25. The molecule has 0 atom stereocenters. The lowest BCUT2D eigenvalue weighted by Gasteiger charge is -2.22. The SMILES string of the molecule is Cc1cc(C)c(C)c(S(=O)(=O)N(C)Cc2cn(C)nc2C)c1C. The third-order valence-electron chi connectivity index (χ3n) is 4.47. The molecule has 0 radical (unpaired) electrons. The predicted molar refractivity (Wildman–Crippen MR) is 92.0 cm³/mol. The zero-order valence-electron chi connectivity index (χ0n) is 14.9. The highest BCUT2D eigenvalue weighted by Gasteiger charge is 2.27. The highest BCUT2D eigenvalue weighted by molar-refractivity contribution is 7.89. The van der Waals surface area contributed by atoms with Crippen molar-refractivity contribution in [1.82, 2.24) is 14.1 Å². The average molecular weight is 335 g/mol. The Balaban J connectivity index is 2.48. The molecule has 0 saturated carbocycles. The Morgan fingerprint density at radius 3 is 2.04 bits per heavy atom. The summed E-state index contributed by atoms with van der Waals surface area (Å²) < 4.78 is 29.3. The summed E-state index contributed by atoms with van der Waals surface area (Å²) >= 11 is 0. The van der Waals surface area contributed by atoms with E-state index in [0.29, 0.717) is 11.4 Å². The van der Waals surface area contributed by atoms with Crippen LogP contribution >= 0.6 is 0 Å². The fraction of sp³-hybridized carbons (Fsp3) is 0.471. The molecule has 2 aromatic rings. The van der Waals surface area contributed by atoms with Crippen LogP contribution in [0.15, 0.2) is 17.2 Å². The van der Waals surface area contributed by atoms with E-state index in [2.05, 4.69) is 5.10 Å². The molecule has 0 unspecified atom stereocenters. The van der Waals surface area contributed by atoms with Gasteiger partial charge < -0.3 is 0 Å². The molecule has 0 N–H and O–H groups in total. The summed E-state index contributed by atoms with van der Waals surface area (Å²) in [6.07, 6.45) is 1.86. The van der Waals surface area contributed by atoms with Gasteiger partial charge in [0.25, 0.3) is 0 Å². The molecule has 5 nitrogen and oxygen atoms in total. The molecular formula is C17H25N3O2S. The lowest BCUT2D eigenvalue weighted by molar-refractivity contribution is 0.465. The first-order valence-electron chi connectivity index (χ1n) is 7.58. The third kappa shape index (κ3) is 3.19. The molecule has 1 aromatic carbocycles. The topological polar surface area (TPSA) is 55.2 Å². The fourth-order valence-electron chi connectivity index (χ4n) is 2.85. The van der Waals surface area contributed by atoms with Crippen LogP contribution < -0.4 is 0 Å². The molecule has 126 valence electrons. The second-order valence-electron chi connectivity index (χ2n) is 6.26. The van der Waals surface area contributed by atoms with Gasteiger partial charge in [0.15, 0.2) is 0 Å². The number of aromatic nitrogens is 2. The maximum Gasteiger partial charge on any atom is 0.243 e. The molecule has 0 fully saturated rings. The van der Waals surface area contributed by atoms with Crippen LogP contribution in [0.5, 0.6) is 0 Å². The standard InChI is InChI=1S/C17H25N3O2S/c1-11-8-12(2)14(4)17(13(11)3)23(21,22)20(7)10-16-9-19(6)18-15(16)5/h8-9H,10H2,1-7H3. The first-order chi connectivity index (χ1) is 10.6. The lowest BCUT2D eigenvalue weighted by Crippen LogP contribution is -2.28. The van der Waals surface area contributed by atoms with Gasteiger partial charge in [-0.05, 0) is 56.9 Å². The Morgan fingerprint density at radius 2 is 1.61 bits per heavy atom. The molecule has 0 saturated heterocycles. The predicted octanol–water partition coefficient (Wildman–Crippen LogP) is 2.78. The maximum atomic E-state index is 13.1. The van der Waals surface area contributed by atoms with Gasteiger partial charge in [-0.25, -0.2) is 8.42 Å². The summed E-state index contributed by atoms with van der Waals surface area (Å²) in [4.78, 5) is 0.430. The minimum Gasteiger partial charge on any atom is -0.275 e. The van der Waals surface area contributed by atoms with E-state index in [0.717, 1.165) is 33.5 Å². The number of hydrogen-bond donors (Lipinski definition) is 0. The highest BCUT2D eigenvalue weighted by Crippen LogP contribution is 2.29. The first kappa shape index (κ1) is 17.7. The van der Waals surface area contributed by atoms with Gasteiger partial charge in [0.05, 0.1) is 10.6 Å². The molecule has 2 rings (SSSR count). The van der Waals surface area contributed by atoms with Gasteiger partial charge in [-0.1, -0.05) is 6.07 Å². The van der Waals surface area contributed by atoms with Crippen molar-refractivity contribution >= 4 is 10.0 Å². The van der Waals surface area contributed by atoms with E-state index in [1.54, 1.807) is 11.7 Å². The Morgan fingerprint density at radius 1 is 1.09 bits per heavy atom. The number of nitrogens with zero attached hydrogens (tertiary/aromatic N) is 3. The van der Waals surface area contributed by atoms with E-state index in [1.807, 2.05) is 53.9 Å². The van der Waals surface area contributed by atoms with E-state index < -0.39 is 10.0 Å². The van der Waals surface area contributed by atoms with Gasteiger partial charge in [-0.3, -0.25) is 4.68 Å². The molecule has 0 aliphatic heterocycles. The highest BCUT2D eigenvalue weighted by atomic mass is 32.2. The van der Waals surface area contributed by atoms with Crippen LogP contribution in [0.4, 0.5) is 0 Å². The summed E-state index contributed by atoms with van der Waals surface area (Å²) in [5.74, 6) is 0. The van der Waals surface area contributed by atoms with Gasteiger partial charge in [-0.2, -0.15) is 9.40 Å². The molecule has 0 amide bonds. The van der Waals surface area contributed by atoms with Gasteiger partial charge >= 0.3 is 0 Å². The fourth-order valence-corrected chi connectivity index (χ4v) is 4.57. The van der Waals surface area contributed by atoms with E-state index in [4.69, 9.17) is 0 Å². The summed E-state index contributed by atoms with van der Waals surface area (Å²) in [5.41, 5.74) is 5.41. The molecule has 6 heteroatoms. The number of sulfonamides is 1. The van der Waals surface area contributed by atoms with Gasteiger partial charge in [0.1, 0.15) is 0 Å². The molecule has 1 heterocycles. The molecule has 23 heavy (non-hydrogen) atoms. The average Bonchev–Trinajstić information content (AvgIpc) is 2.74. The van der Waals surface area contributed by atoms with Crippen molar-refractivity contribution in [1.29, 1.82) is 0 Å². The number of benzene rings is 1. The Kier molecular flexibility index (Phi) is 4.69. The summed E-state index contributed by atoms with van der Waals surface area (Å²) in [6, 6.07) is 2.04. The van der Waals surface area contributed by atoms with Crippen molar-refractivity contribution < 1.29 is 8.42 Å². The third-order valence-corrected chi connectivity index (χ3v) is 6.55.